The van der Waals surface area contributed by atoms with Gasteiger partial charge >= 0.3 is 5.97 Å². The molecule has 4 nitrogen and oxygen atoms in total. The number of aliphatic carboxylic acids is 1. The summed E-state index contributed by atoms with van der Waals surface area (Å²) < 4.78 is 2.00. The molecule has 0 saturated heterocycles. The third kappa shape index (κ3) is 3.41. The van der Waals surface area contributed by atoms with Crippen LogP contribution in [0.15, 0.2) is 17.6 Å². The molecular weight excluding hydrogens is 200 g/mol. The van der Waals surface area contributed by atoms with Crippen molar-refractivity contribution in [2.75, 3.05) is 5.75 Å². The van der Waals surface area contributed by atoms with E-state index >= 15 is 0 Å². The van der Waals surface area contributed by atoms with E-state index in [0.717, 1.165) is 24.5 Å². The molecular formula is C9H14N2O2S. The summed E-state index contributed by atoms with van der Waals surface area (Å²) in [5.74, 6) is -0.733. The molecule has 0 aliphatic carbocycles. The molecule has 0 atom stereocenters. The predicted molar refractivity (Wildman–Crippen MR) is 55.5 cm³/mol. The minimum atomic E-state index is -0.806. The molecule has 0 fully saturated rings. The number of hydrogen-bond acceptors (Lipinski definition) is 3. The number of unbranched alkanes of at least 4 members (excludes halogenated alkanes) is 1. The SMILES string of the molecule is CCCCn1ccnc1SCC(=O)O. The van der Waals surface area contributed by atoms with Crippen LogP contribution < -0.4 is 0 Å². The summed E-state index contributed by atoms with van der Waals surface area (Å²) in [6.07, 6.45) is 5.82. The number of thioether (sulfide) groups is 1. The molecule has 1 rings (SSSR count). The molecule has 1 heterocycles. The third-order valence-corrected chi connectivity index (χ3v) is 2.74. The van der Waals surface area contributed by atoms with Crippen LogP contribution in [-0.2, 0) is 11.3 Å². The first kappa shape index (κ1) is 11.1. The molecule has 0 radical (unpaired) electrons. The zero-order valence-corrected chi connectivity index (χ0v) is 8.96. The summed E-state index contributed by atoms with van der Waals surface area (Å²) in [6.45, 7) is 3.04. The van der Waals surface area contributed by atoms with Crippen LogP contribution in [0.25, 0.3) is 0 Å². The van der Waals surface area contributed by atoms with Crippen LogP contribution in [0, 0.1) is 0 Å². The van der Waals surface area contributed by atoms with Crippen molar-refractivity contribution in [3.05, 3.63) is 12.4 Å². The van der Waals surface area contributed by atoms with Crippen LogP contribution in [-0.4, -0.2) is 26.4 Å². The van der Waals surface area contributed by atoms with Gasteiger partial charge in [-0.2, -0.15) is 0 Å². The molecule has 0 aliphatic rings. The van der Waals surface area contributed by atoms with Crippen molar-refractivity contribution in [2.45, 2.75) is 31.5 Å². The van der Waals surface area contributed by atoms with Crippen molar-refractivity contribution in [2.24, 2.45) is 0 Å². The van der Waals surface area contributed by atoms with Gasteiger partial charge in [-0.1, -0.05) is 25.1 Å². The maximum absolute atomic E-state index is 10.4. The largest absolute Gasteiger partial charge is 0.481 e. The first-order valence-corrected chi connectivity index (χ1v) is 5.58. The summed E-state index contributed by atoms with van der Waals surface area (Å²) >= 11 is 1.26. The van der Waals surface area contributed by atoms with Crippen LogP contribution in [0.4, 0.5) is 0 Å². The standard InChI is InChI=1S/C9H14N2O2S/c1-2-3-5-11-6-4-10-9(11)14-7-8(12)13/h4,6H,2-3,5,7H2,1H3,(H,12,13). The minimum absolute atomic E-state index is 0.0726. The molecule has 0 aliphatic heterocycles. The van der Waals surface area contributed by atoms with E-state index in [0.29, 0.717) is 0 Å². The summed E-state index contributed by atoms with van der Waals surface area (Å²) in [4.78, 5) is 14.5. The molecule has 0 unspecified atom stereocenters. The van der Waals surface area contributed by atoms with Crippen LogP contribution in [0.5, 0.6) is 0 Å². The van der Waals surface area contributed by atoms with E-state index in [1.54, 1.807) is 6.20 Å². The number of nitrogens with zero attached hydrogens (tertiary/aromatic N) is 2. The Morgan fingerprint density at radius 2 is 2.50 bits per heavy atom. The zero-order chi connectivity index (χ0) is 10.4. The van der Waals surface area contributed by atoms with Gasteiger partial charge in [0.25, 0.3) is 0 Å². The van der Waals surface area contributed by atoms with Crippen LogP contribution in [0.3, 0.4) is 0 Å². The number of imidazole rings is 1. The third-order valence-electron chi connectivity index (χ3n) is 1.75. The molecule has 0 saturated carbocycles. The molecule has 14 heavy (non-hydrogen) atoms. The molecule has 78 valence electrons. The Morgan fingerprint density at radius 1 is 1.71 bits per heavy atom. The van der Waals surface area contributed by atoms with Crippen LogP contribution in [0.2, 0.25) is 0 Å². The first-order valence-electron chi connectivity index (χ1n) is 4.59. The van der Waals surface area contributed by atoms with Crippen molar-refractivity contribution in [3.8, 4) is 0 Å². The number of aryl methyl sites for hydroxylation is 1. The number of hydrogen-bond donors (Lipinski definition) is 1. The fourth-order valence-electron chi connectivity index (χ4n) is 1.06. The lowest BCUT2D eigenvalue weighted by molar-refractivity contribution is -0.133. The molecule has 0 bridgehead atoms. The van der Waals surface area contributed by atoms with Crippen molar-refractivity contribution in [3.63, 3.8) is 0 Å². The Labute approximate surface area is 87.3 Å². The highest BCUT2D eigenvalue weighted by Crippen LogP contribution is 2.15. The minimum Gasteiger partial charge on any atom is -0.481 e. The van der Waals surface area contributed by atoms with E-state index < -0.39 is 5.97 Å². The molecule has 1 aromatic heterocycles. The summed E-state index contributed by atoms with van der Waals surface area (Å²) in [5, 5.41) is 9.31. The van der Waals surface area contributed by atoms with Gasteiger partial charge in [0.05, 0.1) is 5.75 Å². The highest BCUT2D eigenvalue weighted by molar-refractivity contribution is 7.99. The Hall–Kier alpha value is -0.970. The molecule has 1 N–H and O–H groups in total. The number of carboxylic acids is 1. The van der Waals surface area contributed by atoms with E-state index in [2.05, 4.69) is 11.9 Å². The average molecular weight is 214 g/mol. The average Bonchev–Trinajstić information content (AvgIpc) is 2.58. The van der Waals surface area contributed by atoms with Crippen molar-refractivity contribution < 1.29 is 9.90 Å². The Kier molecular flexibility index (Phi) is 4.52. The summed E-state index contributed by atoms with van der Waals surface area (Å²) in [5.41, 5.74) is 0. The van der Waals surface area contributed by atoms with Crippen molar-refractivity contribution in [1.82, 2.24) is 9.55 Å². The lowest BCUT2D eigenvalue weighted by atomic mass is 10.3. The molecule has 5 heteroatoms. The van der Waals surface area contributed by atoms with E-state index in [1.807, 2.05) is 10.8 Å². The van der Waals surface area contributed by atoms with Gasteiger partial charge in [-0.15, -0.1) is 0 Å². The predicted octanol–water partition coefficient (Wildman–Crippen LogP) is 1.86. The fraction of sp³-hybridized carbons (Fsp3) is 0.556. The van der Waals surface area contributed by atoms with Crippen molar-refractivity contribution in [1.29, 1.82) is 0 Å². The molecule has 0 amide bonds. The lowest BCUT2D eigenvalue weighted by Crippen LogP contribution is -2.02. The fourth-order valence-corrected chi connectivity index (χ4v) is 1.77. The van der Waals surface area contributed by atoms with E-state index in [4.69, 9.17) is 5.11 Å². The topological polar surface area (TPSA) is 55.1 Å². The molecule has 1 aromatic rings. The number of carboxylic acid groups (broad SMARTS) is 1. The van der Waals surface area contributed by atoms with Gasteiger partial charge in [-0.25, -0.2) is 4.98 Å². The van der Waals surface area contributed by atoms with Gasteiger partial charge in [-0.3, -0.25) is 4.79 Å². The smallest absolute Gasteiger partial charge is 0.313 e. The van der Waals surface area contributed by atoms with Gasteiger partial charge in [-0.05, 0) is 6.42 Å². The number of carbonyl (C=O) groups is 1. The number of rotatable bonds is 6. The van der Waals surface area contributed by atoms with E-state index in [1.165, 1.54) is 11.8 Å². The second kappa shape index (κ2) is 5.70. The lowest BCUT2D eigenvalue weighted by Gasteiger charge is -2.04. The zero-order valence-electron chi connectivity index (χ0n) is 8.14. The highest BCUT2D eigenvalue weighted by Gasteiger charge is 2.05. The Bertz CT molecular complexity index is 299. The number of aromatic nitrogens is 2. The second-order valence-corrected chi connectivity index (χ2v) is 3.88. The Balaban J connectivity index is 2.49. The van der Waals surface area contributed by atoms with Crippen LogP contribution in [0.1, 0.15) is 19.8 Å². The van der Waals surface area contributed by atoms with Gasteiger partial charge in [0.15, 0.2) is 5.16 Å². The summed E-state index contributed by atoms with van der Waals surface area (Å²) in [7, 11) is 0. The van der Waals surface area contributed by atoms with Gasteiger partial charge in [0.1, 0.15) is 0 Å². The normalized spacial score (nSPS) is 10.4. The maximum Gasteiger partial charge on any atom is 0.313 e. The van der Waals surface area contributed by atoms with Gasteiger partial charge < -0.3 is 9.67 Å². The van der Waals surface area contributed by atoms with Gasteiger partial charge in [0, 0.05) is 18.9 Å². The van der Waals surface area contributed by atoms with Crippen LogP contribution >= 0.6 is 11.8 Å². The van der Waals surface area contributed by atoms with E-state index in [-0.39, 0.29) is 5.75 Å². The summed E-state index contributed by atoms with van der Waals surface area (Å²) in [6, 6.07) is 0. The molecule has 0 spiro atoms. The first-order chi connectivity index (χ1) is 6.74. The molecule has 0 aromatic carbocycles. The quantitative estimate of drug-likeness (QED) is 0.734. The monoisotopic (exact) mass is 214 g/mol. The second-order valence-electron chi connectivity index (χ2n) is 2.94. The highest BCUT2D eigenvalue weighted by atomic mass is 32.2. The van der Waals surface area contributed by atoms with Crippen molar-refractivity contribution >= 4 is 17.7 Å². The van der Waals surface area contributed by atoms with Gasteiger partial charge in [0.2, 0.25) is 0 Å². The maximum atomic E-state index is 10.4. The van der Waals surface area contributed by atoms with E-state index in [9.17, 15) is 4.79 Å². The Morgan fingerprint density at radius 3 is 3.14 bits per heavy atom.